The van der Waals surface area contributed by atoms with Gasteiger partial charge in [-0.15, -0.1) is 0 Å². The van der Waals surface area contributed by atoms with Gasteiger partial charge in [-0.2, -0.15) is 0 Å². The summed E-state index contributed by atoms with van der Waals surface area (Å²) in [5.74, 6) is 0.105. The van der Waals surface area contributed by atoms with Crippen molar-refractivity contribution in [1.82, 2.24) is 0 Å². The number of hydrogen-bond acceptors (Lipinski definition) is 3. The van der Waals surface area contributed by atoms with Crippen LogP contribution in [-0.2, 0) is 4.79 Å². The highest BCUT2D eigenvalue weighted by Crippen LogP contribution is 2.21. The molecule has 3 rings (SSSR count). The van der Waals surface area contributed by atoms with Gasteiger partial charge in [-0.05, 0) is 67.1 Å². The van der Waals surface area contributed by atoms with Crippen LogP contribution in [0.2, 0.25) is 5.02 Å². The first kappa shape index (κ1) is 19.5. The number of anilines is 2. The van der Waals surface area contributed by atoms with Crippen molar-refractivity contribution in [3.05, 3.63) is 88.9 Å². The monoisotopic (exact) mass is 394 g/mol. The highest BCUT2D eigenvalue weighted by molar-refractivity contribution is 6.31. The summed E-state index contributed by atoms with van der Waals surface area (Å²) in [6.45, 7) is 1.75. The Kier molecular flexibility index (Phi) is 6.29. The fourth-order valence-electron chi connectivity index (χ4n) is 2.48. The van der Waals surface area contributed by atoms with E-state index in [1.807, 2.05) is 13.0 Å². The predicted molar refractivity (Wildman–Crippen MR) is 111 cm³/mol. The van der Waals surface area contributed by atoms with Gasteiger partial charge in [0.25, 0.3) is 11.8 Å². The summed E-state index contributed by atoms with van der Waals surface area (Å²) < 4.78 is 5.47. The molecule has 0 aliphatic heterocycles. The van der Waals surface area contributed by atoms with Crippen LogP contribution in [0.25, 0.3) is 0 Å². The van der Waals surface area contributed by atoms with Crippen LogP contribution in [0.3, 0.4) is 0 Å². The Labute approximate surface area is 168 Å². The molecule has 142 valence electrons. The van der Waals surface area contributed by atoms with Gasteiger partial charge in [0.15, 0.2) is 6.61 Å². The van der Waals surface area contributed by atoms with Gasteiger partial charge in [-0.1, -0.05) is 29.8 Å². The highest BCUT2D eigenvalue weighted by atomic mass is 35.5. The zero-order valence-corrected chi connectivity index (χ0v) is 16.0. The van der Waals surface area contributed by atoms with Gasteiger partial charge in [0.2, 0.25) is 0 Å². The number of ether oxygens (including phenoxy) is 1. The minimum absolute atomic E-state index is 0.117. The second-order valence-corrected chi connectivity index (χ2v) is 6.55. The molecular weight excluding hydrogens is 376 g/mol. The maximum absolute atomic E-state index is 12.1. The molecule has 0 aliphatic rings. The molecule has 6 heteroatoms. The number of rotatable bonds is 6. The van der Waals surface area contributed by atoms with E-state index in [0.717, 1.165) is 5.56 Å². The van der Waals surface area contributed by atoms with Crippen molar-refractivity contribution in [2.24, 2.45) is 0 Å². The first-order valence-corrected chi connectivity index (χ1v) is 9.04. The molecule has 0 saturated carbocycles. The normalized spacial score (nSPS) is 10.2. The molecular formula is C22H19ClN2O3. The van der Waals surface area contributed by atoms with Crippen molar-refractivity contribution in [1.29, 1.82) is 0 Å². The molecule has 28 heavy (non-hydrogen) atoms. The van der Waals surface area contributed by atoms with Crippen LogP contribution in [0.5, 0.6) is 5.75 Å². The summed E-state index contributed by atoms with van der Waals surface area (Å²) in [5.41, 5.74) is 2.71. The molecule has 0 bridgehead atoms. The number of carbonyl (C=O) groups is 2. The van der Waals surface area contributed by atoms with Gasteiger partial charge < -0.3 is 15.4 Å². The van der Waals surface area contributed by atoms with E-state index in [1.165, 1.54) is 0 Å². The van der Waals surface area contributed by atoms with Gasteiger partial charge in [0, 0.05) is 22.0 Å². The zero-order valence-electron chi connectivity index (χ0n) is 15.2. The third-order valence-electron chi connectivity index (χ3n) is 3.96. The van der Waals surface area contributed by atoms with E-state index in [4.69, 9.17) is 16.3 Å². The lowest BCUT2D eigenvalue weighted by Crippen LogP contribution is -2.20. The second-order valence-electron chi connectivity index (χ2n) is 6.15. The Balaban J connectivity index is 1.51. The third-order valence-corrected chi connectivity index (χ3v) is 4.39. The molecule has 3 aromatic carbocycles. The number of halogens is 1. The molecule has 0 unspecified atom stereocenters. The summed E-state index contributed by atoms with van der Waals surface area (Å²) >= 11 is 5.97. The molecule has 2 N–H and O–H groups in total. The van der Waals surface area contributed by atoms with E-state index < -0.39 is 0 Å². The van der Waals surface area contributed by atoms with Crippen LogP contribution < -0.4 is 15.4 Å². The maximum Gasteiger partial charge on any atom is 0.262 e. The van der Waals surface area contributed by atoms with Crippen LogP contribution in [0.1, 0.15) is 15.9 Å². The number of nitrogens with one attached hydrogen (secondary N) is 2. The number of amides is 2. The molecule has 3 aromatic rings. The standard InChI is InChI=1S/C22H19ClN2O3/c1-15-13-19(11-12-20(15)23)28-14-21(26)24-17-7-9-18(10-8-17)25-22(27)16-5-3-2-4-6-16/h2-13H,14H2,1H3,(H,24,26)(H,25,27). The largest absolute Gasteiger partial charge is 0.484 e. The quantitative estimate of drug-likeness (QED) is 0.623. The number of benzene rings is 3. The first-order chi connectivity index (χ1) is 13.5. The van der Waals surface area contributed by atoms with Gasteiger partial charge in [-0.3, -0.25) is 9.59 Å². The molecule has 5 nitrogen and oxygen atoms in total. The molecule has 0 saturated heterocycles. The fourth-order valence-corrected chi connectivity index (χ4v) is 2.60. The molecule has 0 radical (unpaired) electrons. The van der Waals surface area contributed by atoms with E-state index >= 15 is 0 Å². The predicted octanol–water partition coefficient (Wildman–Crippen LogP) is 4.92. The smallest absolute Gasteiger partial charge is 0.262 e. The topological polar surface area (TPSA) is 67.4 Å². The average molecular weight is 395 g/mol. The minimum atomic E-state index is -0.284. The van der Waals surface area contributed by atoms with Gasteiger partial charge in [0.05, 0.1) is 0 Å². The summed E-state index contributed by atoms with van der Waals surface area (Å²) in [6, 6.07) is 21.0. The summed E-state index contributed by atoms with van der Waals surface area (Å²) in [7, 11) is 0. The molecule has 0 aromatic heterocycles. The van der Waals surface area contributed by atoms with E-state index in [9.17, 15) is 9.59 Å². The molecule has 0 spiro atoms. The van der Waals surface area contributed by atoms with Crippen LogP contribution in [0.15, 0.2) is 72.8 Å². The van der Waals surface area contributed by atoms with E-state index in [-0.39, 0.29) is 18.4 Å². The molecule has 0 heterocycles. The first-order valence-electron chi connectivity index (χ1n) is 8.66. The fraction of sp³-hybridized carbons (Fsp3) is 0.0909. The van der Waals surface area contributed by atoms with Crippen molar-refractivity contribution >= 4 is 34.8 Å². The molecule has 0 aliphatic carbocycles. The van der Waals surface area contributed by atoms with Gasteiger partial charge in [0.1, 0.15) is 5.75 Å². The summed E-state index contributed by atoms with van der Waals surface area (Å²) in [5, 5.41) is 6.21. The van der Waals surface area contributed by atoms with Crippen molar-refractivity contribution < 1.29 is 14.3 Å². The summed E-state index contributed by atoms with van der Waals surface area (Å²) in [6.07, 6.45) is 0. The lowest BCUT2D eigenvalue weighted by atomic mass is 10.2. The Morgan fingerprint density at radius 1 is 0.893 bits per heavy atom. The third kappa shape index (κ3) is 5.34. The average Bonchev–Trinajstić information content (AvgIpc) is 2.71. The number of hydrogen-bond donors (Lipinski definition) is 2. The molecule has 0 atom stereocenters. The van der Waals surface area contributed by atoms with Crippen molar-refractivity contribution in [2.45, 2.75) is 6.92 Å². The second kappa shape index (κ2) is 9.06. The van der Waals surface area contributed by atoms with Crippen LogP contribution in [-0.4, -0.2) is 18.4 Å². The van der Waals surface area contributed by atoms with Gasteiger partial charge >= 0.3 is 0 Å². The lowest BCUT2D eigenvalue weighted by Gasteiger charge is -2.10. The lowest BCUT2D eigenvalue weighted by molar-refractivity contribution is -0.118. The van der Waals surface area contributed by atoms with Crippen LogP contribution >= 0.6 is 11.6 Å². The number of carbonyl (C=O) groups excluding carboxylic acids is 2. The Morgan fingerprint density at radius 3 is 2.18 bits per heavy atom. The Hall–Kier alpha value is -3.31. The maximum atomic E-state index is 12.1. The molecule has 2 amide bonds. The zero-order chi connectivity index (χ0) is 19.9. The van der Waals surface area contributed by atoms with Gasteiger partial charge in [-0.25, -0.2) is 0 Å². The molecule has 0 fully saturated rings. The van der Waals surface area contributed by atoms with E-state index in [1.54, 1.807) is 66.7 Å². The van der Waals surface area contributed by atoms with Crippen LogP contribution in [0, 0.1) is 6.92 Å². The highest BCUT2D eigenvalue weighted by Gasteiger charge is 2.07. The van der Waals surface area contributed by atoms with Crippen LogP contribution in [0.4, 0.5) is 11.4 Å². The Morgan fingerprint density at radius 2 is 1.54 bits per heavy atom. The SMILES string of the molecule is Cc1cc(OCC(=O)Nc2ccc(NC(=O)c3ccccc3)cc2)ccc1Cl. The van der Waals surface area contributed by atoms with Crippen molar-refractivity contribution in [3.63, 3.8) is 0 Å². The minimum Gasteiger partial charge on any atom is -0.484 e. The van der Waals surface area contributed by atoms with E-state index in [0.29, 0.717) is 27.7 Å². The van der Waals surface area contributed by atoms with Crippen molar-refractivity contribution in [2.75, 3.05) is 17.2 Å². The van der Waals surface area contributed by atoms with Crippen molar-refractivity contribution in [3.8, 4) is 5.75 Å². The Bertz CT molecular complexity index is 973. The number of aryl methyl sites for hydroxylation is 1. The summed E-state index contributed by atoms with van der Waals surface area (Å²) in [4.78, 5) is 24.2. The van der Waals surface area contributed by atoms with E-state index in [2.05, 4.69) is 10.6 Å².